The average molecular weight is 296 g/mol. The minimum atomic E-state index is -0.563. The van der Waals surface area contributed by atoms with Gasteiger partial charge < -0.3 is 14.2 Å². The Morgan fingerprint density at radius 3 is 2.76 bits per heavy atom. The van der Waals surface area contributed by atoms with Crippen molar-refractivity contribution in [3.63, 3.8) is 0 Å². The molecule has 0 amide bonds. The van der Waals surface area contributed by atoms with E-state index in [0.717, 1.165) is 38.4 Å². The van der Waals surface area contributed by atoms with Gasteiger partial charge in [-0.15, -0.1) is 0 Å². The zero-order valence-corrected chi connectivity index (χ0v) is 12.9. The van der Waals surface area contributed by atoms with Crippen LogP contribution in [0.15, 0.2) is 24.0 Å². The fraction of sp³-hybridized carbons (Fsp3) is 0.625. The van der Waals surface area contributed by atoms with Gasteiger partial charge >= 0.3 is 11.9 Å². The van der Waals surface area contributed by atoms with Crippen molar-refractivity contribution in [2.45, 2.75) is 52.1 Å². The molecule has 1 atom stereocenters. The molecule has 0 saturated carbocycles. The second kappa shape index (κ2) is 9.34. The molecule has 0 aromatic carbocycles. The lowest BCUT2D eigenvalue weighted by Gasteiger charge is -2.13. The molecule has 0 radical (unpaired) electrons. The number of ether oxygens (including phenoxy) is 3. The van der Waals surface area contributed by atoms with E-state index in [4.69, 9.17) is 14.2 Å². The van der Waals surface area contributed by atoms with Crippen LogP contribution in [-0.4, -0.2) is 31.3 Å². The van der Waals surface area contributed by atoms with Crippen LogP contribution in [0.3, 0.4) is 0 Å². The van der Waals surface area contributed by atoms with Crippen LogP contribution >= 0.6 is 0 Å². The standard InChI is InChI=1S/C16H24O5/c1-4-6-9-14(21-15(17)5-2)12(3)16(18)20-11-13-8-7-10-19-13/h5,13H,2,4,6-11H2,1,3H3. The Kier molecular flexibility index (Phi) is 7.75. The normalized spacial score (nSPS) is 18.9. The first kappa shape index (κ1) is 17.4. The van der Waals surface area contributed by atoms with E-state index in [-0.39, 0.29) is 12.7 Å². The quantitative estimate of drug-likeness (QED) is 0.391. The molecule has 0 aliphatic carbocycles. The van der Waals surface area contributed by atoms with Crippen molar-refractivity contribution in [3.05, 3.63) is 24.0 Å². The van der Waals surface area contributed by atoms with Gasteiger partial charge in [-0.2, -0.15) is 0 Å². The summed E-state index contributed by atoms with van der Waals surface area (Å²) in [4.78, 5) is 23.4. The molecule has 21 heavy (non-hydrogen) atoms. The van der Waals surface area contributed by atoms with Crippen molar-refractivity contribution in [1.29, 1.82) is 0 Å². The number of allylic oxidation sites excluding steroid dienone is 1. The maximum absolute atomic E-state index is 12.0. The highest BCUT2D eigenvalue weighted by atomic mass is 16.6. The highest BCUT2D eigenvalue weighted by Gasteiger charge is 2.20. The summed E-state index contributed by atoms with van der Waals surface area (Å²) in [5.41, 5.74) is 0.330. The van der Waals surface area contributed by atoms with Crippen molar-refractivity contribution in [3.8, 4) is 0 Å². The van der Waals surface area contributed by atoms with Gasteiger partial charge in [0.2, 0.25) is 0 Å². The summed E-state index contributed by atoms with van der Waals surface area (Å²) < 4.78 is 15.8. The monoisotopic (exact) mass is 296 g/mol. The van der Waals surface area contributed by atoms with Crippen molar-refractivity contribution >= 4 is 11.9 Å². The number of esters is 2. The molecule has 0 aromatic rings. The van der Waals surface area contributed by atoms with Gasteiger partial charge in [0.05, 0.1) is 11.7 Å². The Hall–Kier alpha value is -1.62. The van der Waals surface area contributed by atoms with Crippen LogP contribution in [0, 0.1) is 0 Å². The lowest BCUT2D eigenvalue weighted by molar-refractivity contribution is -0.142. The molecule has 1 saturated heterocycles. The SMILES string of the molecule is C=CC(=O)OC(CCCC)=C(C)C(=O)OCC1CCCO1. The van der Waals surface area contributed by atoms with Crippen LogP contribution in [0.4, 0.5) is 0 Å². The molecule has 1 fully saturated rings. The number of carbonyl (C=O) groups is 2. The predicted molar refractivity (Wildman–Crippen MR) is 78.4 cm³/mol. The molecule has 0 aromatic heterocycles. The summed E-state index contributed by atoms with van der Waals surface area (Å²) in [6.07, 6.45) is 5.26. The molecule has 1 unspecified atom stereocenters. The van der Waals surface area contributed by atoms with Gasteiger partial charge in [-0.25, -0.2) is 9.59 Å². The van der Waals surface area contributed by atoms with Gasteiger partial charge in [0.1, 0.15) is 12.4 Å². The van der Waals surface area contributed by atoms with Crippen molar-refractivity contribution in [1.82, 2.24) is 0 Å². The van der Waals surface area contributed by atoms with Crippen LogP contribution in [0.5, 0.6) is 0 Å². The zero-order chi connectivity index (χ0) is 15.7. The molecule has 0 spiro atoms. The maximum atomic E-state index is 12.0. The van der Waals surface area contributed by atoms with Gasteiger partial charge in [-0.05, 0) is 26.2 Å². The second-order valence-electron chi connectivity index (χ2n) is 5.01. The maximum Gasteiger partial charge on any atom is 0.337 e. The molecular weight excluding hydrogens is 272 g/mol. The fourth-order valence-electron chi connectivity index (χ4n) is 1.98. The molecule has 0 N–H and O–H groups in total. The van der Waals surface area contributed by atoms with E-state index < -0.39 is 11.9 Å². The Morgan fingerprint density at radius 1 is 1.43 bits per heavy atom. The van der Waals surface area contributed by atoms with E-state index in [1.54, 1.807) is 6.92 Å². The molecule has 5 nitrogen and oxygen atoms in total. The first-order valence-electron chi connectivity index (χ1n) is 7.41. The first-order chi connectivity index (χ1) is 10.1. The van der Waals surface area contributed by atoms with Gasteiger partial charge in [-0.3, -0.25) is 0 Å². The fourth-order valence-corrected chi connectivity index (χ4v) is 1.98. The number of unbranched alkanes of at least 4 members (excludes halogenated alkanes) is 1. The second-order valence-corrected chi connectivity index (χ2v) is 5.01. The van der Waals surface area contributed by atoms with Gasteiger partial charge in [-0.1, -0.05) is 19.9 Å². The van der Waals surface area contributed by atoms with E-state index in [9.17, 15) is 9.59 Å². The lowest BCUT2D eigenvalue weighted by atomic mass is 10.1. The third-order valence-electron chi connectivity index (χ3n) is 3.30. The van der Waals surface area contributed by atoms with Gasteiger partial charge in [0.15, 0.2) is 0 Å². The minimum Gasteiger partial charge on any atom is -0.459 e. The Labute approximate surface area is 125 Å². The number of hydrogen-bond donors (Lipinski definition) is 0. The van der Waals surface area contributed by atoms with Crippen molar-refractivity contribution in [2.24, 2.45) is 0 Å². The first-order valence-corrected chi connectivity index (χ1v) is 7.41. The highest BCUT2D eigenvalue weighted by Crippen LogP contribution is 2.17. The highest BCUT2D eigenvalue weighted by molar-refractivity contribution is 5.89. The third-order valence-corrected chi connectivity index (χ3v) is 3.30. The average Bonchev–Trinajstić information content (AvgIpc) is 3.01. The number of rotatable bonds is 8. The molecule has 1 aliphatic heterocycles. The van der Waals surface area contributed by atoms with E-state index in [2.05, 4.69) is 6.58 Å². The van der Waals surface area contributed by atoms with Crippen LogP contribution < -0.4 is 0 Å². The van der Waals surface area contributed by atoms with E-state index in [1.165, 1.54) is 0 Å². The smallest absolute Gasteiger partial charge is 0.337 e. The van der Waals surface area contributed by atoms with Crippen LogP contribution in [0.1, 0.15) is 46.0 Å². The van der Waals surface area contributed by atoms with Gasteiger partial charge in [0.25, 0.3) is 0 Å². The molecule has 5 heteroatoms. The lowest BCUT2D eigenvalue weighted by Crippen LogP contribution is -2.19. The predicted octanol–water partition coefficient (Wildman–Crippen LogP) is 2.90. The molecule has 1 rings (SSSR count). The zero-order valence-electron chi connectivity index (χ0n) is 12.9. The topological polar surface area (TPSA) is 61.8 Å². The van der Waals surface area contributed by atoms with E-state index in [1.807, 2.05) is 6.92 Å². The van der Waals surface area contributed by atoms with Crippen molar-refractivity contribution in [2.75, 3.05) is 13.2 Å². The molecule has 0 bridgehead atoms. The van der Waals surface area contributed by atoms with E-state index in [0.29, 0.717) is 17.8 Å². The molecule has 118 valence electrons. The van der Waals surface area contributed by atoms with Crippen LogP contribution in [-0.2, 0) is 23.8 Å². The van der Waals surface area contributed by atoms with E-state index >= 15 is 0 Å². The minimum absolute atomic E-state index is 0.0171. The largest absolute Gasteiger partial charge is 0.459 e. The Balaban J connectivity index is 2.63. The molecule has 1 heterocycles. The number of carbonyl (C=O) groups excluding carboxylic acids is 2. The molecule has 1 aliphatic rings. The van der Waals surface area contributed by atoms with Crippen molar-refractivity contribution < 1.29 is 23.8 Å². The summed E-state index contributed by atoms with van der Waals surface area (Å²) in [6.45, 7) is 7.95. The summed E-state index contributed by atoms with van der Waals surface area (Å²) in [7, 11) is 0. The third kappa shape index (κ3) is 6.12. The number of hydrogen-bond acceptors (Lipinski definition) is 5. The van der Waals surface area contributed by atoms with Crippen LogP contribution in [0.2, 0.25) is 0 Å². The Bertz CT molecular complexity index is 405. The Morgan fingerprint density at radius 2 is 2.19 bits per heavy atom. The van der Waals surface area contributed by atoms with Gasteiger partial charge in [0, 0.05) is 19.1 Å². The summed E-state index contributed by atoms with van der Waals surface area (Å²) in [6, 6.07) is 0. The summed E-state index contributed by atoms with van der Waals surface area (Å²) in [5, 5.41) is 0. The van der Waals surface area contributed by atoms with Crippen LogP contribution in [0.25, 0.3) is 0 Å². The summed E-state index contributed by atoms with van der Waals surface area (Å²) in [5.74, 6) is -0.667. The molecular formula is C16H24O5. The summed E-state index contributed by atoms with van der Waals surface area (Å²) >= 11 is 0.